The molecule has 0 aliphatic carbocycles. The zero-order valence-electron chi connectivity index (χ0n) is 13.0. The Morgan fingerprint density at radius 3 is 2.80 bits per heavy atom. The largest absolute Gasteiger partial charge is 0.383 e. The van der Waals surface area contributed by atoms with E-state index in [0.717, 1.165) is 39.5 Å². The fourth-order valence-corrected chi connectivity index (χ4v) is 3.42. The van der Waals surface area contributed by atoms with Crippen molar-refractivity contribution < 1.29 is 14.2 Å². The number of ether oxygens (including phenoxy) is 3. The summed E-state index contributed by atoms with van der Waals surface area (Å²) in [4.78, 5) is 0. The summed E-state index contributed by atoms with van der Waals surface area (Å²) in [5.41, 5.74) is 0.435. The van der Waals surface area contributed by atoms with E-state index in [0.29, 0.717) is 11.5 Å². The van der Waals surface area contributed by atoms with Crippen LogP contribution in [-0.4, -0.2) is 52.7 Å². The Kier molecular flexibility index (Phi) is 7.28. The van der Waals surface area contributed by atoms with E-state index in [1.54, 1.807) is 7.11 Å². The van der Waals surface area contributed by atoms with E-state index in [-0.39, 0.29) is 0 Å². The van der Waals surface area contributed by atoms with Gasteiger partial charge in [-0.1, -0.05) is 6.42 Å². The molecule has 0 aromatic carbocycles. The minimum Gasteiger partial charge on any atom is -0.383 e. The first kappa shape index (κ1) is 16.2. The van der Waals surface area contributed by atoms with E-state index >= 15 is 0 Å². The minimum atomic E-state index is 0.435. The van der Waals surface area contributed by atoms with Crippen LogP contribution in [0, 0.1) is 5.41 Å². The Balaban J connectivity index is 1.70. The van der Waals surface area contributed by atoms with Crippen LogP contribution in [0.2, 0.25) is 0 Å². The lowest BCUT2D eigenvalue weighted by Gasteiger charge is -2.38. The standard InChI is InChI=1S/C16H31NO3/c1-18-13-9-17-14-16(7-11-19-12-8-16)6-2-4-15-5-3-10-20-15/h15,17H,2-14H2,1H3. The van der Waals surface area contributed by atoms with E-state index in [9.17, 15) is 0 Å². The van der Waals surface area contributed by atoms with Gasteiger partial charge < -0.3 is 19.5 Å². The molecular formula is C16H31NO3. The van der Waals surface area contributed by atoms with Crippen LogP contribution in [-0.2, 0) is 14.2 Å². The van der Waals surface area contributed by atoms with Gasteiger partial charge in [0.25, 0.3) is 0 Å². The van der Waals surface area contributed by atoms with Crippen molar-refractivity contribution in [2.45, 2.75) is 51.0 Å². The molecular weight excluding hydrogens is 254 g/mol. The lowest BCUT2D eigenvalue weighted by molar-refractivity contribution is 0.00624. The zero-order valence-corrected chi connectivity index (χ0v) is 13.0. The molecule has 0 aromatic rings. The van der Waals surface area contributed by atoms with Crippen molar-refractivity contribution in [2.24, 2.45) is 5.41 Å². The topological polar surface area (TPSA) is 39.7 Å². The maximum atomic E-state index is 5.73. The summed E-state index contributed by atoms with van der Waals surface area (Å²) in [6.45, 7) is 5.67. The van der Waals surface area contributed by atoms with Crippen molar-refractivity contribution in [1.29, 1.82) is 0 Å². The van der Waals surface area contributed by atoms with Crippen LogP contribution in [0.15, 0.2) is 0 Å². The molecule has 4 nitrogen and oxygen atoms in total. The third kappa shape index (κ3) is 5.32. The van der Waals surface area contributed by atoms with E-state index in [1.165, 1.54) is 44.9 Å². The van der Waals surface area contributed by atoms with Gasteiger partial charge in [-0.05, 0) is 43.9 Å². The van der Waals surface area contributed by atoms with Crippen LogP contribution in [0.4, 0.5) is 0 Å². The molecule has 1 N–H and O–H groups in total. The molecule has 0 spiro atoms. The second-order valence-corrected chi connectivity index (χ2v) is 6.31. The van der Waals surface area contributed by atoms with Crippen molar-refractivity contribution in [3.8, 4) is 0 Å². The first-order valence-electron chi connectivity index (χ1n) is 8.24. The van der Waals surface area contributed by atoms with Gasteiger partial charge in [0, 0.05) is 40.0 Å². The van der Waals surface area contributed by atoms with Crippen LogP contribution in [0.5, 0.6) is 0 Å². The molecule has 2 aliphatic heterocycles. The minimum absolute atomic E-state index is 0.435. The predicted molar refractivity (Wildman–Crippen MR) is 80.1 cm³/mol. The van der Waals surface area contributed by atoms with Crippen LogP contribution >= 0.6 is 0 Å². The summed E-state index contributed by atoms with van der Waals surface area (Å²) in [6.07, 6.45) is 9.27. The lowest BCUT2D eigenvalue weighted by atomic mass is 9.75. The molecule has 0 aromatic heterocycles. The summed E-state index contributed by atoms with van der Waals surface area (Å²) < 4.78 is 16.4. The van der Waals surface area contributed by atoms with Gasteiger partial charge in [-0.2, -0.15) is 0 Å². The third-order valence-electron chi connectivity index (χ3n) is 4.79. The van der Waals surface area contributed by atoms with Crippen molar-refractivity contribution in [3.63, 3.8) is 0 Å². The van der Waals surface area contributed by atoms with Crippen molar-refractivity contribution in [1.82, 2.24) is 5.32 Å². The summed E-state index contributed by atoms with van der Waals surface area (Å²) in [7, 11) is 1.76. The first-order chi connectivity index (χ1) is 9.85. The van der Waals surface area contributed by atoms with E-state index in [1.807, 2.05) is 0 Å². The Morgan fingerprint density at radius 1 is 1.25 bits per heavy atom. The molecule has 0 amide bonds. The monoisotopic (exact) mass is 285 g/mol. The third-order valence-corrected chi connectivity index (χ3v) is 4.79. The van der Waals surface area contributed by atoms with Gasteiger partial charge >= 0.3 is 0 Å². The number of rotatable bonds is 9. The highest BCUT2D eigenvalue weighted by Gasteiger charge is 2.32. The zero-order chi connectivity index (χ0) is 14.1. The summed E-state index contributed by atoms with van der Waals surface area (Å²) in [5.74, 6) is 0. The van der Waals surface area contributed by atoms with Crippen molar-refractivity contribution >= 4 is 0 Å². The molecule has 2 aliphatic rings. The Hall–Kier alpha value is -0.160. The molecule has 0 bridgehead atoms. The number of nitrogens with one attached hydrogen (secondary N) is 1. The van der Waals surface area contributed by atoms with Gasteiger partial charge in [0.05, 0.1) is 12.7 Å². The molecule has 20 heavy (non-hydrogen) atoms. The molecule has 2 fully saturated rings. The maximum Gasteiger partial charge on any atom is 0.0587 e. The van der Waals surface area contributed by atoms with Gasteiger partial charge in [0.1, 0.15) is 0 Å². The Labute approximate surface area is 123 Å². The summed E-state index contributed by atoms with van der Waals surface area (Å²) >= 11 is 0. The highest BCUT2D eigenvalue weighted by Crippen LogP contribution is 2.36. The quantitative estimate of drug-likeness (QED) is 0.660. The average molecular weight is 285 g/mol. The second-order valence-electron chi connectivity index (χ2n) is 6.31. The Bertz CT molecular complexity index is 248. The number of methoxy groups -OCH3 is 1. The van der Waals surface area contributed by atoms with Crippen molar-refractivity contribution in [3.05, 3.63) is 0 Å². The molecule has 4 heteroatoms. The molecule has 2 heterocycles. The maximum absolute atomic E-state index is 5.73. The van der Waals surface area contributed by atoms with Gasteiger partial charge in [-0.15, -0.1) is 0 Å². The normalized spacial score (nSPS) is 25.9. The van der Waals surface area contributed by atoms with Crippen LogP contribution in [0.3, 0.4) is 0 Å². The predicted octanol–water partition coefficient (Wildman–Crippen LogP) is 2.37. The highest BCUT2D eigenvalue weighted by molar-refractivity contribution is 4.84. The Morgan fingerprint density at radius 2 is 2.10 bits per heavy atom. The van der Waals surface area contributed by atoms with Gasteiger partial charge in [-0.3, -0.25) is 0 Å². The number of hydrogen-bond acceptors (Lipinski definition) is 4. The second kappa shape index (κ2) is 8.98. The fraction of sp³-hybridized carbons (Fsp3) is 1.00. The summed E-state index contributed by atoms with van der Waals surface area (Å²) in [5, 5.41) is 3.56. The molecule has 2 saturated heterocycles. The highest BCUT2D eigenvalue weighted by atomic mass is 16.5. The van der Waals surface area contributed by atoms with Crippen molar-refractivity contribution in [2.75, 3.05) is 46.6 Å². The smallest absolute Gasteiger partial charge is 0.0587 e. The molecule has 1 unspecified atom stereocenters. The number of hydrogen-bond donors (Lipinski definition) is 1. The van der Waals surface area contributed by atoms with E-state index in [2.05, 4.69) is 5.32 Å². The van der Waals surface area contributed by atoms with Gasteiger partial charge in [0.2, 0.25) is 0 Å². The molecule has 0 radical (unpaired) electrons. The van der Waals surface area contributed by atoms with E-state index < -0.39 is 0 Å². The van der Waals surface area contributed by atoms with Gasteiger partial charge in [0.15, 0.2) is 0 Å². The van der Waals surface area contributed by atoms with Crippen LogP contribution in [0.1, 0.15) is 44.9 Å². The molecule has 118 valence electrons. The molecule has 2 rings (SSSR count). The summed E-state index contributed by atoms with van der Waals surface area (Å²) in [6, 6.07) is 0. The first-order valence-corrected chi connectivity index (χ1v) is 8.24. The van der Waals surface area contributed by atoms with Crippen LogP contribution in [0.25, 0.3) is 0 Å². The molecule has 0 saturated carbocycles. The molecule has 1 atom stereocenters. The van der Waals surface area contributed by atoms with Crippen LogP contribution < -0.4 is 5.32 Å². The SMILES string of the molecule is COCCNCC1(CCCC2CCCO2)CCOCC1. The lowest BCUT2D eigenvalue weighted by Crippen LogP contribution is -2.40. The van der Waals surface area contributed by atoms with E-state index in [4.69, 9.17) is 14.2 Å². The average Bonchev–Trinajstić information content (AvgIpc) is 2.98. The fourth-order valence-electron chi connectivity index (χ4n) is 3.42. The van der Waals surface area contributed by atoms with Gasteiger partial charge in [-0.25, -0.2) is 0 Å².